The Balaban J connectivity index is 1.29. The first-order valence-corrected chi connectivity index (χ1v) is 13.6. The van der Waals surface area contributed by atoms with Crippen LogP contribution in [0.5, 0.6) is 0 Å². The number of hydrogen-bond acceptors (Lipinski definition) is 5. The van der Waals surface area contributed by atoms with Gasteiger partial charge in [0, 0.05) is 50.9 Å². The van der Waals surface area contributed by atoms with Crippen molar-refractivity contribution >= 4 is 11.8 Å². The molecule has 3 aromatic rings. The standard InChI is InChI=1S/C30H34F2N4O3/c1-35(15-13-20-7-3-2-4-8-20)30(38)24-19-36(22-9-5-6-10-22)16-14-26(24)33-29(37)27-18-28(39-34-27)23-12-11-21(31)17-25(23)32/h2-4,7-8,11-12,17-18,22,24,26H,5-6,9-10,13-16,19H2,1H3,(H,33,37)/t24-,26-/m1/s1. The van der Waals surface area contributed by atoms with Crippen LogP contribution in [-0.4, -0.2) is 65.5 Å². The van der Waals surface area contributed by atoms with Crippen molar-refractivity contribution < 1.29 is 22.9 Å². The summed E-state index contributed by atoms with van der Waals surface area (Å²) < 4.78 is 32.7. The number of carbonyl (C=O) groups is 2. The summed E-state index contributed by atoms with van der Waals surface area (Å²) >= 11 is 0. The normalized spacial score (nSPS) is 20.2. The van der Waals surface area contributed by atoms with Gasteiger partial charge in [0.25, 0.3) is 5.91 Å². The fourth-order valence-electron chi connectivity index (χ4n) is 5.78. The zero-order valence-corrected chi connectivity index (χ0v) is 22.1. The first-order chi connectivity index (χ1) is 18.9. The summed E-state index contributed by atoms with van der Waals surface area (Å²) in [6.45, 7) is 1.98. The number of halogens is 2. The summed E-state index contributed by atoms with van der Waals surface area (Å²) in [7, 11) is 1.82. The van der Waals surface area contributed by atoms with Gasteiger partial charge in [0.15, 0.2) is 11.5 Å². The van der Waals surface area contributed by atoms with Crippen LogP contribution in [0.2, 0.25) is 0 Å². The first-order valence-electron chi connectivity index (χ1n) is 13.6. The van der Waals surface area contributed by atoms with Crippen LogP contribution in [0.3, 0.4) is 0 Å². The molecule has 2 amide bonds. The van der Waals surface area contributed by atoms with Crippen LogP contribution >= 0.6 is 0 Å². The molecule has 206 valence electrons. The molecule has 1 N–H and O–H groups in total. The van der Waals surface area contributed by atoms with E-state index >= 15 is 0 Å². The second kappa shape index (κ2) is 12.1. The number of nitrogens with zero attached hydrogens (tertiary/aromatic N) is 3. The quantitative estimate of drug-likeness (QED) is 0.452. The van der Waals surface area contributed by atoms with Crippen molar-refractivity contribution in [3.63, 3.8) is 0 Å². The minimum Gasteiger partial charge on any atom is -0.355 e. The lowest BCUT2D eigenvalue weighted by Crippen LogP contribution is -2.57. The summed E-state index contributed by atoms with van der Waals surface area (Å²) in [4.78, 5) is 31.0. The minimum atomic E-state index is -0.804. The number of likely N-dealkylation sites (tertiary alicyclic amines) is 1. The molecule has 2 fully saturated rings. The lowest BCUT2D eigenvalue weighted by atomic mass is 9.89. The highest BCUT2D eigenvalue weighted by Gasteiger charge is 2.39. The molecule has 1 saturated carbocycles. The predicted molar refractivity (Wildman–Crippen MR) is 143 cm³/mol. The third-order valence-electron chi connectivity index (χ3n) is 8.01. The third-order valence-corrected chi connectivity index (χ3v) is 8.01. The van der Waals surface area contributed by atoms with Crippen LogP contribution in [0.25, 0.3) is 11.3 Å². The number of nitrogens with one attached hydrogen (secondary N) is 1. The predicted octanol–water partition coefficient (Wildman–Crippen LogP) is 4.68. The highest BCUT2D eigenvalue weighted by Crippen LogP contribution is 2.30. The van der Waals surface area contributed by atoms with E-state index < -0.39 is 23.5 Å². The third kappa shape index (κ3) is 6.36. The van der Waals surface area contributed by atoms with E-state index in [0.717, 1.165) is 43.5 Å². The second-order valence-electron chi connectivity index (χ2n) is 10.6. The van der Waals surface area contributed by atoms with Gasteiger partial charge in [-0.2, -0.15) is 0 Å². The van der Waals surface area contributed by atoms with Gasteiger partial charge < -0.3 is 14.7 Å². The summed E-state index contributed by atoms with van der Waals surface area (Å²) in [5.74, 6) is -2.36. The summed E-state index contributed by atoms with van der Waals surface area (Å²) in [6.07, 6.45) is 6.09. The maximum Gasteiger partial charge on any atom is 0.273 e. The highest BCUT2D eigenvalue weighted by molar-refractivity contribution is 5.94. The number of rotatable bonds is 8. The zero-order valence-electron chi connectivity index (χ0n) is 22.1. The smallest absolute Gasteiger partial charge is 0.273 e. The van der Waals surface area contributed by atoms with Gasteiger partial charge in [-0.25, -0.2) is 8.78 Å². The highest BCUT2D eigenvalue weighted by atomic mass is 19.1. The minimum absolute atomic E-state index is 0.00755. The molecule has 0 radical (unpaired) electrons. The molecule has 2 atom stereocenters. The molecular weight excluding hydrogens is 502 g/mol. The molecule has 9 heteroatoms. The number of hydrogen-bond donors (Lipinski definition) is 1. The summed E-state index contributed by atoms with van der Waals surface area (Å²) in [5, 5.41) is 6.82. The van der Waals surface area contributed by atoms with Gasteiger partial charge in [0.1, 0.15) is 11.6 Å². The molecule has 0 bridgehead atoms. The van der Waals surface area contributed by atoms with Gasteiger partial charge in [-0.3, -0.25) is 14.5 Å². The van der Waals surface area contributed by atoms with E-state index in [2.05, 4.69) is 15.4 Å². The Hall–Kier alpha value is -3.59. The van der Waals surface area contributed by atoms with Crippen LogP contribution in [-0.2, 0) is 11.2 Å². The Kier molecular flexibility index (Phi) is 8.35. The van der Waals surface area contributed by atoms with Crippen LogP contribution in [0.1, 0.15) is 48.2 Å². The van der Waals surface area contributed by atoms with Crippen LogP contribution in [0.15, 0.2) is 59.1 Å². The maximum atomic E-state index is 14.2. The fraction of sp³-hybridized carbons (Fsp3) is 0.433. The number of piperidine rings is 1. The van der Waals surface area contributed by atoms with Crippen LogP contribution in [0.4, 0.5) is 8.78 Å². The van der Waals surface area contributed by atoms with Gasteiger partial charge in [-0.05, 0) is 43.4 Å². The van der Waals surface area contributed by atoms with Crippen LogP contribution in [0, 0.1) is 17.6 Å². The molecule has 2 heterocycles. The number of likely N-dealkylation sites (N-methyl/N-ethyl adjacent to an activating group) is 1. The molecule has 2 aromatic carbocycles. The van der Waals surface area contributed by atoms with Crippen molar-refractivity contribution in [2.45, 2.75) is 50.6 Å². The number of amides is 2. The Morgan fingerprint density at radius 2 is 1.85 bits per heavy atom. The van der Waals surface area contributed by atoms with Gasteiger partial charge in [0.2, 0.25) is 5.91 Å². The van der Waals surface area contributed by atoms with Crippen molar-refractivity contribution in [1.82, 2.24) is 20.3 Å². The van der Waals surface area contributed by atoms with Crippen molar-refractivity contribution in [3.05, 3.63) is 77.5 Å². The SMILES string of the molecule is CN(CCc1ccccc1)C(=O)[C@@H]1CN(C2CCCC2)CC[C@H]1NC(=O)c1cc(-c2ccc(F)cc2F)on1. The van der Waals surface area contributed by atoms with Crippen molar-refractivity contribution in [2.24, 2.45) is 5.92 Å². The molecule has 1 saturated heterocycles. The Morgan fingerprint density at radius 3 is 2.59 bits per heavy atom. The van der Waals surface area contributed by atoms with E-state index in [1.807, 2.05) is 37.4 Å². The molecule has 1 aliphatic heterocycles. The second-order valence-corrected chi connectivity index (χ2v) is 10.6. The molecule has 0 spiro atoms. The van der Waals surface area contributed by atoms with Gasteiger partial charge in [-0.15, -0.1) is 0 Å². The molecule has 1 aliphatic carbocycles. The van der Waals surface area contributed by atoms with Gasteiger partial charge >= 0.3 is 0 Å². The molecule has 5 rings (SSSR count). The van der Waals surface area contributed by atoms with E-state index in [0.29, 0.717) is 25.6 Å². The van der Waals surface area contributed by atoms with Crippen LogP contribution < -0.4 is 5.32 Å². The Bertz CT molecular complexity index is 1290. The van der Waals surface area contributed by atoms with E-state index in [-0.39, 0.29) is 29.0 Å². The summed E-state index contributed by atoms with van der Waals surface area (Å²) in [6, 6.07) is 14.6. The first kappa shape index (κ1) is 27.0. The molecule has 2 aliphatic rings. The molecule has 7 nitrogen and oxygen atoms in total. The number of aromatic nitrogens is 1. The Labute approximate surface area is 227 Å². The average Bonchev–Trinajstić information content (AvgIpc) is 3.65. The maximum absolute atomic E-state index is 14.2. The molecule has 0 unspecified atom stereocenters. The molecule has 39 heavy (non-hydrogen) atoms. The van der Waals surface area contributed by atoms with Gasteiger partial charge in [0.05, 0.1) is 11.5 Å². The van der Waals surface area contributed by atoms with E-state index in [4.69, 9.17) is 4.52 Å². The average molecular weight is 537 g/mol. The zero-order chi connectivity index (χ0) is 27.4. The number of benzene rings is 2. The lowest BCUT2D eigenvalue weighted by molar-refractivity contribution is -0.137. The van der Waals surface area contributed by atoms with Crippen molar-refractivity contribution in [1.29, 1.82) is 0 Å². The van der Waals surface area contributed by atoms with Crippen molar-refractivity contribution in [2.75, 3.05) is 26.7 Å². The van der Waals surface area contributed by atoms with E-state index in [1.54, 1.807) is 4.90 Å². The van der Waals surface area contributed by atoms with E-state index in [1.165, 1.54) is 25.0 Å². The van der Waals surface area contributed by atoms with Crippen molar-refractivity contribution in [3.8, 4) is 11.3 Å². The Morgan fingerprint density at radius 1 is 1.08 bits per heavy atom. The topological polar surface area (TPSA) is 78.7 Å². The molecule has 1 aromatic heterocycles. The monoisotopic (exact) mass is 536 g/mol. The lowest BCUT2D eigenvalue weighted by Gasteiger charge is -2.42. The largest absolute Gasteiger partial charge is 0.355 e. The fourth-order valence-corrected chi connectivity index (χ4v) is 5.78. The summed E-state index contributed by atoms with van der Waals surface area (Å²) in [5.41, 5.74) is 1.16. The molecular formula is C30H34F2N4O3. The van der Waals surface area contributed by atoms with Gasteiger partial charge in [-0.1, -0.05) is 48.3 Å². The number of carbonyl (C=O) groups excluding carboxylic acids is 2. The van der Waals surface area contributed by atoms with E-state index in [9.17, 15) is 18.4 Å².